The van der Waals surface area contributed by atoms with Crippen molar-refractivity contribution in [3.05, 3.63) is 78.0 Å². The number of fused-ring (bicyclic) bond motifs is 1. The van der Waals surface area contributed by atoms with Crippen LogP contribution in [-0.4, -0.2) is 68.3 Å². The third-order valence-corrected chi connectivity index (χ3v) is 8.60. The van der Waals surface area contributed by atoms with Crippen LogP contribution in [0.2, 0.25) is 0 Å². The van der Waals surface area contributed by atoms with Gasteiger partial charge in [0.15, 0.2) is 23.1 Å². The molecule has 1 saturated heterocycles. The van der Waals surface area contributed by atoms with E-state index in [1.54, 1.807) is 38.4 Å². The van der Waals surface area contributed by atoms with E-state index in [1.807, 2.05) is 0 Å². The van der Waals surface area contributed by atoms with E-state index in [4.69, 9.17) is 24.7 Å². The number of aromatic nitrogens is 1. The Hall–Kier alpha value is -4.81. The average molecular weight is 647 g/mol. The Balaban J connectivity index is 1.26. The van der Waals surface area contributed by atoms with Gasteiger partial charge in [-0.05, 0) is 74.2 Å². The fraction of sp³-hybridized carbons (Fsp3) is 0.343. The summed E-state index contributed by atoms with van der Waals surface area (Å²) in [5.74, 6) is -1.37. The van der Waals surface area contributed by atoms with Crippen LogP contribution in [0, 0.1) is 24.0 Å². The summed E-state index contributed by atoms with van der Waals surface area (Å²) in [6, 6.07) is 12.9. The predicted molar refractivity (Wildman–Crippen MR) is 171 cm³/mol. The molecule has 2 amide bonds. The van der Waals surface area contributed by atoms with Gasteiger partial charge in [-0.15, -0.1) is 0 Å². The number of amides is 2. The molecule has 2 heterocycles. The van der Waals surface area contributed by atoms with Gasteiger partial charge in [0.05, 0.1) is 38.1 Å². The number of anilines is 2. The van der Waals surface area contributed by atoms with Crippen molar-refractivity contribution in [3.8, 4) is 23.0 Å². The van der Waals surface area contributed by atoms with Crippen molar-refractivity contribution in [1.29, 1.82) is 0 Å². The quantitative estimate of drug-likeness (QED) is 0.155. The van der Waals surface area contributed by atoms with Gasteiger partial charge in [-0.25, -0.2) is 8.78 Å². The van der Waals surface area contributed by atoms with Gasteiger partial charge in [-0.1, -0.05) is 0 Å². The van der Waals surface area contributed by atoms with Crippen LogP contribution in [0.3, 0.4) is 0 Å². The van der Waals surface area contributed by atoms with E-state index in [0.717, 1.165) is 45.3 Å². The second-order valence-corrected chi connectivity index (χ2v) is 11.7. The first kappa shape index (κ1) is 32.1. The SMILES string of the molecule is COc1cc2c(Oc3cc(C)c(N(C(=O)C4(C(N)=O)CC4)c4ccc(F)cc4)cc3F)ccnc2cc1OCCCN1CCOCC1. The lowest BCUT2D eigenvalue weighted by atomic mass is 10.0. The molecule has 10 nitrogen and oxygen atoms in total. The van der Waals surface area contributed by atoms with Gasteiger partial charge in [0.2, 0.25) is 11.8 Å². The number of primary amides is 1. The number of nitrogens with two attached hydrogens (primary N) is 1. The fourth-order valence-corrected chi connectivity index (χ4v) is 5.73. The normalized spacial score (nSPS) is 15.7. The Morgan fingerprint density at radius 1 is 1.00 bits per heavy atom. The zero-order chi connectivity index (χ0) is 33.1. The van der Waals surface area contributed by atoms with Gasteiger partial charge < -0.3 is 24.7 Å². The Kier molecular flexibility index (Phi) is 9.24. The third kappa shape index (κ3) is 6.70. The molecule has 47 heavy (non-hydrogen) atoms. The van der Waals surface area contributed by atoms with Crippen molar-refractivity contribution >= 4 is 34.1 Å². The van der Waals surface area contributed by atoms with E-state index in [2.05, 4.69) is 9.88 Å². The number of rotatable bonds is 12. The summed E-state index contributed by atoms with van der Waals surface area (Å²) in [4.78, 5) is 34.0. The van der Waals surface area contributed by atoms with Gasteiger partial charge >= 0.3 is 0 Å². The minimum atomic E-state index is -1.40. The minimum absolute atomic E-state index is 0.0938. The highest BCUT2D eigenvalue weighted by Gasteiger charge is 2.57. The van der Waals surface area contributed by atoms with E-state index < -0.39 is 28.9 Å². The standard InChI is InChI=1S/C35H36F2N4O6/c1-22-18-30(26(37)20-28(22)41(24-6-4-23(36)5-7-24)34(43)35(9-10-35)33(38)42)47-29-8-11-39-27-21-32(31(44-2)19-25(27)29)46-15-3-12-40-13-16-45-17-14-40/h4-8,11,18-21H,3,9-10,12-17H2,1-2H3,(H2,38,42). The lowest BCUT2D eigenvalue weighted by molar-refractivity contribution is -0.133. The largest absolute Gasteiger partial charge is 0.493 e. The molecular formula is C35H36F2N4O6. The topological polar surface area (TPSA) is 116 Å². The number of aryl methyl sites for hydroxylation is 1. The van der Waals surface area contributed by atoms with Gasteiger partial charge in [-0.3, -0.25) is 24.4 Å². The Labute approximate surface area is 271 Å². The maximum Gasteiger partial charge on any atom is 0.247 e. The number of hydrogen-bond donors (Lipinski definition) is 1. The number of morpholine rings is 1. The smallest absolute Gasteiger partial charge is 0.247 e. The van der Waals surface area contributed by atoms with Crippen molar-refractivity contribution in [2.75, 3.05) is 51.5 Å². The maximum atomic E-state index is 15.8. The van der Waals surface area contributed by atoms with Gasteiger partial charge in [0, 0.05) is 49.0 Å². The van der Waals surface area contributed by atoms with E-state index in [9.17, 15) is 14.0 Å². The number of methoxy groups -OCH3 is 1. The van der Waals surface area contributed by atoms with E-state index in [-0.39, 0.29) is 30.0 Å². The maximum absolute atomic E-state index is 15.8. The number of pyridine rings is 1. The number of carbonyl (C=O) groups is 2. The minimum Gasteiger partial charge on any atom is -0.493 e. The molecular weight excluding hydrogens is 610 g/mol. The first-order chi connectivity index (χ1) is 22.7. The Morgan fingerprint density at radius 2 is 1.74 bits per heavy atom. The van der Waals surface area contributed by atoms with Crippen molar-refractivity contribution in [1.82, 2.24) is 9.88 Å². The highest BCUT2D eigenvalue weighted by atomic mass is 19.1. The lowest BCUT2D eigenvalue weighted by Gasteiger charge is -2.28. The number of ether oxygens (including phenoxy) is 4. The number of benzene rings is 3. The van der Waals surface area contributed by atoms with Gasteiger partial charge in [0.1, 0.15) is 17.0 Å². The summed E-state index contributed by atoms with van der Waals surface area (Å²) in [6.07, 6.45) is 2.95. The molecule has 2 N–H and O–H groups in total. The summed E-state index contributed by atoms with van der Waals surface area (Å²) >= 11 is 0. The van der Waals surface area contributed by atoms with Crippen LogP contribution in [-0.2, 0) is 14.3 Å². The van der Waals surface area contributed by atoms with Crippen LogP contribution in [0.15, 0.2) is 60.8 Å². The average Bonchev–Trinajstić information content (AvgIpc) is 3.89. The predicted octanol–water partition coefficient (Wildman–Crippen LogP) is 5.65. The molecule has 4 aromatic rings. The molecule has 2 aliphatic rings. The fourth-order valence-electron chi connectivity index (χ4n) is 5.73. The molecule has 0 bridgehead atoms. The zero-order valence-electron chi connectivity index (χ0n) is 26.3. The van der Waals surface area contributed by atoms with Crippen molar-refractivity contribution in [2.24, 2.45) is 11.1 Å². The molecule has 3 aromatic carbocycles. The van der Waals surface area contributed by atoms with E-state index in [1.165, 1.54) is 35.2 Å². The van der Waals surface area contributed by atoms with E-state index in [0.29, 0.717) is 40.3 Å². The monoisotopic (exact) mass is 646 g/mol. The molecule has 0 unspecified atom stereocenters. The second kappa shape index (κ2) is 13.5. The van der Waals surface area contributed by atoms with Crippen molar-refractivity contribution in [2.45, 2.75) is 26.2 Å². The molecule has 6 rings (SSSR count). The summed E-state index contributed by atoms with van der Waals surface area (Å²) in [6.45, 7) is 6.39. The van der Waals surface area contributed by atoms with Crippen LogP contribution in [0.4, 0.5) is 20.2 Å². The summed E-state index contributed by atoms with van der Waals surface area (Å²) in [5.41, 5.74) is 5.69. The number of carbonyl (C=O) groups excluding carboxylic acids is 2. The number of halogens is 2. The summed E-state index contributed by atoms with van der Waals surface area (Å²) in [7, 11) is 1.54. The summed E-state index contributed by atoms with van der Waals surface area (Å²) < 4.78 is 52.7. The van der Waals surface area contributed by atoms with E-state index >= 15 is 4.39 Å². The van der Waals surface area contributed by atoms with Crippen LogP contribution >= 0.6 is 0 Å². The van der Waals surface area contributed by atoms with Crippen LogP contribution in [0.25, 0.3) is 10.9 Å². The van der Waals surface area contributed by atoms with Crippen molar-refractivity contribution < 1.29 is 37.3 Å². The number of nitrogens with zero attached hydrogens (tertiary/aromatic N) is 3. The first-order valence-electron chi connectivity index (χ1n) is 15.5. The molecule has 1 aliphatic heterocycles. The van der Waals surface area contributed by atoms with Crippen LogP contribution in [0.1, 0.15) is 24.8 Å². The summed E-state index contributed by atoms with van der Waals surface area (Å²) in [5, 5.41) is 0.575. The molecule has 1 aliphatic carbocycles. The van der Waals surface area contributed by atoms with Gasteiger partial charge in [-0.2, -0.15) is 0 Å². The van der Waals surface area contributed by atoms with Crippen molar-refractivity contribution in [3.63, 3.8) is 0 Å². The van der Waals surface area contributed by atoms with Crippen LogP contribution < -0.4 is 24.8 Å². The molecule has 12 heteroatoms. The molecule has 0 radical (unpaired) electrons. The number of hydrogen-bond acceptors (Lipinski definition) is 8. The zero-order valence-corrected chi connectivity index (χ0v) is 26.3. The highest BCUT2D eigenvalue weighted by Crippen LogP contribution is 2.50. The Morgan fingerprint density at radius 3 is 2.43 bits per heavy atom. The van der Waals surface area contributed by atoms with Crippen LogP contribution in [0.5, 0.6) is 23.0 Å². The molecule has 0 spiro atoms. The molecule has 246 valence electrons. The highest BCUT2D eigenvalue weighted by molar-refractivity contribution is 6.16. The van der Waals surface area contributed by atoms with Gasteiger partial charge in [0.25, 0.3) is 0 Å². The third-order valence-electron chi connectivity index (χ3n) is 8.60. The first-order valence-corrected chi connectivity index (χ1v) is 15.5. The molecule has 0 atom stereocenters. The molecule has 1 saturated carbocycles. The lowest BCUT2D eigenvalue weighted by Crippen LogP contribution is -2.41. The second-order valence-electron chi connectivity index (χ2n) is 11.7. The molecule has 2 fully saturated rings. The molecule has 1 aromatic heterocycles. The Bertz CT molecular complexity index is 1790.